The van der Waals surface area contributed by atoms with Crippen LogP contribution in [-0.4, -0.2) is 24.3 Å². The summed E-state index contributed by atoms with van der Waals surface area (Å²) >= 11 is 0. The Bertz CT molecular complexity index is 1340. The summed E-state index contributed by atoms with van der Waals surface area (Å²) in [6, 6.07) is 11.1. The van der Waals surface area contributed by atoms with E-state index in [1.807, 2.05) is 30.3 Å². The van der Waals surface area contributed by atoms with Crippen molar-refractivity contribution in [2.45, 2.75) is 19.1 Å². The molecular formula is C19H14F3N5O3. The standard InChI is InChI=1S/C19H14F3N5O3/c1-26-16-12(7-8-13(23-16)19(20,21)22)17(28)27(18(26)29)10-15-25-24-14(30-15)9-11-5-3-2-4-6-11/h2-8H,9-10H2,1H3. The average Bonchev–Trinajstić information content (AvgIpc) is 3.16. The van der Waals surface area contributed by atoms with Gasteiger partial charge in [0.25, 0.3) is 5.56 Å². The summed E-state index contributed by atoms with van der Waals surface area (Å²) in [5, 5.41) is 7.64. The first-order valence-electron chi connectivity index (χ1n) is 8.77. The Morgan fingerprint density at radius 2 is 1.70 bits per heavy atom. The summed E-state index contributed by atoms with van der Waals surface area (Å²) in [4.78, 5) is 28.7. The number of nitrogens with zero attached hydrogens (tertiary/aromatic N) is 5. The third-order valence-electron chi connectivity index (χ3n) is 4.48. The Morgan fingerprint density at radius 1 is 1.00 bits per heavy atom. The van der Waals surface area contributed by atoms with Crippen molar-refractivity contribution in [3.8, 4) is 0 Å². The molecule has 154 valence electrons. The van der Waals surface area contributed by atoms with Crippen molar-refractivity contribution in [3.63, 3.8) is 0 Å². The minimum absolute atomic E-state index is 0.0272. The molecule has 30 heavy (non-hydrogen) atoms. The van der Waals surface area contributed by atoms with Crippen molar-refractivity contribution in [2.75, 3.05) is 0 Å². The van der Waals surface area contributed by atoms with Gasteiger partial charge < -0.3 is 4.42 Å². The molecule has 0 spiro atoms. The molecule has 0 aliphatic rings. The zero-order valence-corrected chi connectivity index (χ0v) is 15.6. The fourth-order valence-corrected chi connectivity index (χ4v) is 3.00. The lowest BCUT2D eigenvalue weighted by Crippen LogP contribution is -2.39. The van der Waals surface area contributed by atoms with Gasteiger partial charge in [0.05, 0.1) is 11.8 Å². The smallest absolute Gasteiger partial charge is 0.423 e. The quantitative estimate of drug-likeness (QED) is 0.505. The van der Waals surface area contributed by atoms with Crippen LogP contribution in [0.2, 0.25) is 0 Å². The highest BCUT2D eigenvalue weighted by molar-refractivity contribution is 5.74. The number of benzene rings is 1. The highest BCUT2D eigenvalue weighted by atomic mass is 19.4. The number of pyridine rings is 1. The summed E-state index contributed by atoms with van der Waals surface area (Å²) in [7, 11) is 1.24. The van der Waals surface area contributed by atoms with E-state index in [0.717, 1.165) is 20.8 Å². The first-order chi connectivity index (χ1) is 14.2. The maximum absolute atomic E-state index is 12.9. The maximum Gasteiger partial charge on any atom is 0.433 e. The fraction of sp³-hybridized carbons (Fsp3) is 0.211. The van der Waals surface area contributed by atoms with E-state index in [4.69, 9.17) is 4.42 Å². The van der Waals surface area contributed by atoms with Gasteiger partial charge in [0.15, 0.2) is 0 Å². The average molecular weight is 417 g/mol. The molecule has 0 amide bonds. The molecule has 0 radical (unpaired) electrons. The first-order valence-corrected chi connectivity index (χ1v) is 8.77. The third-order valence-corrected chi connectivity index (χ3v) is 4.48. The minimum atomic E-state index is -4.70. The van der Waals surface area contributed by atoms with Gasteiger partial charge >= 0.3 is 11.9 Å². The van der Waals surface area contributed by atoms with Gasteiger partial charge in [-0.1, -0.05) is 30.3 Å². The van der Waals surface area contributed by atoms with E-state index in [-0.39, 0.29) is 23.5 Å². The molecule has 0 aliphatic heterocycles. The van der Waals surface area contributed by atoms with Crippen LogP contribution < -0.4 is 11.2 Å². The maximum atomic E-state index is 12.9. The topological polar surface area (TPSA) is 95.8 Å². The molecule has 3 aromatic heterocycles. The first kappa shape index (κ1) is 19.6. The van der Waals surface area contributed by atoms with Crippen molar-refractivity contribution in [1.82, 2.24) is 24.3 Å². The Morgan fingerprint density at radius 3 is 2.40 bits per heavy atom. The van der Waals surface area contributed by atoms with Gasteiger partial charge in [0, 0.05) is 7.05 Å². The monoisotopic (exact) mass is 417 g/mol. The van der Waals surface area contributed by atoms with E-state index in [1.165, 1.54) is 7.05 Å². The van der Waals surface area contributed by atoms with Gasteiger partial charge in [-0.25, -0.2) is 9.78 Å². The molecule has 0 saturated heterocycles. The molecule has 0 aliphatic carbocycles. The number of rotatable bonds is 4. The van der Waals surface area contributed by atoms with Crippen LogP contribution in [0.1, 0.15) is 23.0 Å². The van der Waals surface area contributed by atoms with Gasteiger partial charge in [-0.05, 0) is 17.7 Å². The van der Waals surface area contributed by atoms with E-state index < -0.39 is 23.1 Å². The summed E-state index contributed by atoms with van der Waals surface area (Å²) < 4.78 is 46.0. The van der Waals surface area contributed by atoms with Crippen LogP contribution in [0.4, 0.5) is 13.2 Å². The van der Waals surface area contributed by atoms with E-state index in [0.29, 0.717) is 18.4 Å². The molecule has 0 atom stereocenters. The van der Waals surface area contributed by atoms with E-state index in [2.05, 4.69) is 15.2 Å². The highest BCUT2D eigenvalue weighted by Gasteiger charge is 2.33. The second-order valence-electron chi connectivity index (χ2n) is 6.55. The van der Waals surface area contributed by atoms with Crippen LogP contribution in [0.3, 0.4) is 0 Å². The molecule has 0 fully saturated rings. The summed E-state index contributed by atoms with van der Waals surface area (Å²) in [5.41, 5.74) is -2.24. The molecule has 0 unspecified atom stereocenters. The lowest BCUT2D eigenvalue weighted by Gasteiger charge is -2.11. The molecule has 0 N–H and O–H groups in total. The molecule has 11 heteroatoms. The number of alkyl halides is 3. The van der Waals surface area contributed by atoms with Crippen LogP contribution in [0, 0.1) is 0 Å². The zero-order chi connectivity index (χ0) is 21.5. The lowest BCUT2D eigenvalue weighted by atomic mass is 10.2. The molecule has 1 aromatic carbocycles. The summed E-state index contributed by atoms with van der Waals surface area (Å²) in [6.07, 6.45) is -4.32. The van der Waals surface area contributed by atoms with Gasteiger partial charge in [-0.2, -0.15) is 13.2 Å². The van der Waals surface area contributed by atoms with Crippen LogP contribution in [0.25, 0.3) is 11.0 Å². The van der Waals surface area contributed by atoms with E-state index >= 15 is 0 Å². The normalized spacial score (nSPS) is 11.9. The van der Waals surface area contributed by atoms with Crippen LogP contribution in [0.15, 0.2) is 56.5 Å². The van der Waals surface area contributed by atoms with Gasteiger partial charge in [0.2, 0.25) is 11.8 Å². The number of hydrogen-bond donors (Lipinski definition) is 0. The predicted molar refractivity (Wildman–Crippen MR) is 98.9 cm³/mol. The van der Waals surface area contributed by atoms with Crippen molar-refractivity contribution in [1.29, 1.82) is 0 Å². The Hall–Kier alpha value is -3.76. The van der Waals surface area contributed by atoms with Crippen molar-refractivity contribution in [2.24, 2.45) is 7.05 Å². The number of aromatic nitrogens is 5. The number of aryl methyl sites for hydroxylation is 1. The lowest BCUT2D eigenvalue weighted by molar-refractivity contribution is -0.141. The minimum Gasteiger partial charge on any atom is -0.423 e. The molecule has 0 saturated carbocycles. The van der Waals surface area contributed by atoms with Gasteiger partial charge in [-0.15, -0.1) is 10.2 Å². The summed E-state index contributed by atoms with van der Waals surface area (Å²) in [5.74, 6) is 0.331. The van der Waals surface area contributed by atoms with Crippen molar-refractivity contribution >= 4 is 11.0 Å². The fourth-order valence-electron chi connectivity index (χ4n) is 3.00. The number of halogens is 3. The molecule has 0 bridgehead atoms. The molecule has 3 heterocycles. The zero-order valence-electron chi connectivity index (χ0n) is 15.6. The Balaban J connectivity index is 1.70. The van der Waals surface area contributed by atoms with Crippen molar-refractivity contribution in [3.05, 3.63) is 86.3 Å². The van der Waals surface area contributed by atoms with E-state index in [1.54, 1.807) is 0 Å². The largest absolute Gasteiger partial charge is 0.433 e. The van der Waals surface area contributed by atoms with Gasteiger partial charge in [0.1, 0.15) is 17.9 Å². The molecule has 4 rings (SSSR count). The predicted octanol–water partition coefficient (Wildman–Crippen LogP) is 2.14. The Kier molecular flexibility index (Phi) is 4.72. The Labute approximate surface area is 166 Å². The van der Waals surface area contributed by atoms with Gasteiger partial charge in [-0.3, -0.25) is 13.9 Å². The number of fused-ring (bicyclic) bond motifs is 1. The van der Waals surface area contributed by atoms with E-state index in [9.17, 15) is 22.8 Å². The van der Waals surface area contributed by atoms with Crippen LogP contribution in [0.5, 0.6) is 0 Å². The van der Waals surface area contributed by atoms with Crippen LogP contribution >= 0.6 is 0 Å². The highest BCUT2D eigenvalue weighted by Crippen LogP contribution is 2.28. The second kappa shape index (κ2) is 7.25. The summed E-state index contributed by atoms with van der Waals surface area (Å²) in [6.45, 7) is -0.315. The third kappa shape index (κ3) is 3.61. The molecule has 4 aromatic rings. The van der Waals surface area contributed by atoms with Crippen LogP contribution in [-0.2, 0) is 26.2 Å². The second-order valence-corrected chi connectivity index (χ2v) is 6.55. The SMILES string of the molecule is Cn1c(=O)n(Cc2nnc(Cc3ccccc3)o2)c(=O)c2ccc(C(F)(F)F)nc21. The van der Waals surface area contributed by atoms with Crippen molar-refractivity contribution < 1.29 is 17.6 Å². The molecule has 8 nitrogen and oxygen atoms in total. The molecular weight excluding hydrogens is 403 g/mol. The number of hydrogen-bond acceptors (Lipinski definition) is 6.